The summed E-state index contributed by atoms with van der Waals surface area (Å²) in [5.74, 6) is 0.891. The Hall–Kier alpha value is -1.85. The fourth-order valence-electron chi connectivity index (χ4n) is 2.24. The lowest BCUT2D eigenvalue weighted by atomic mass is 10.1. The molecule has 3 nitrogen and oxygen atoms in total. The number of rotatable bonds is 5. The molecule has 3 rings (SSSR count). The van der Waals surface area contributed by atoms with Crippen molar-refractivity contribution in [3.8, 4) is 17.0 Å². The molecule has 1 aromatic heterocycles. The number of hydrogen-bond donors (Lipinski definition) is 1. The Morgan fingerprint density at radius 3 is 2.39 bits per heavy atom. The second-order valence-electron chi connectivity index (χ2n) is 4.87. The molecule has 0 saturated carbocycles. The first-order valence-electron chi connectivity index (χ1n) is 7.29. The zero-order chi connectivity index (χ0) is 15.4. The highest BCUT2D eigenvalue weighted by molar-refractivity contribution is 7.16. The maximum Gasteiger partial charge on any atom is 0.187 e. The Labute approximate surface area is 151 Å². The topological polar surface area (TPSA) is 34.1 Å². The summed E-state index contributed by atoms with van der Waals surface area (Å²) in [5, 5.41) is 4.26. The smallest absolute Gasteiger partial charge is 0.187 e. The van der Waals surface area contributed by atoms with Crippen molar-refractivity contribution >= 4 is 22.2 Å². The second-order valence-corrected chi connectivity index (χ2v) is 6.08. The van der Waals surface area contributed by atoms with Crippen molar-refractivity contribution in [3.05, 3.63) is 59.5 Å². The normalized spacial score (nSPS) is 10.0. The summed E-state index contributed by atoms with van der Waals surface area (Å²) < 4.78 is 5.48. The molecular weight excluding hydrogens is 372 g/mol. The Morgan fingerprint density at radius 1 is 1.04 bits per heavy atom. The largest absolute Gasteiger partial charge is 1.00 e. The van der Waals surface area contributed by atoms with Crippen molar-refractivity contribution in [3.63, 3.8) is 0 Å². The standard InChI is InChI=1S/C18H18N2OS.BrH/c1-3-21-16-11-9-14(10-12-16)17-13(2)22-18(20-17)19-15-7-5-4-6-8-15;/h4-12H,3H2,1-2H3,(H,19,20);1H/p-1. The van der Waals surface area contributed by atoms with Gasteiger partial charge in [-0.15, -0.1) is 11.3 Å². The minimum absolute atomic E-state index is 0. The summed E-state index contributed by atoms with van der Waals surface area (Å²) in [7, 11) is 0. The summed E-state index contributed by atoms with van der Waals surface area (Å²) in [6.45, 7) is 4.76. The van der Waals surface area contributed by atoms with Crippen LogP contribution in [-0.2, 0) is 0 Å². The van der Waals surface area contributed by atoms with Crippen LogP contribution in [0.4, 0.5) is 10.8 Å². The van der Waals surface area contributed by atoms with Crippen molar-refractivity contribution in [2.45, 2.75) is 13.8 Å². The lowest BCUT2D eigenvalue weighted by molar-refractivity contribution is -0.00000498. The molecule has 0 aliphatic heterocycles. The van der Waals surface area contributed by atoms with E-state index in [2.05, 4.69) is 24.4 Å². The highest BCUT2D eigenvalue weighted by Crippen LogP contribution is 2.32. The van der Waals surface area contributed by atoms with E-state index in [1.807, 2.05) is 49.4 Å². The van der Waals surface area contributed by atoms with Gasteiger partial charge in [0, 0.05) is 16.1 Å². The number of para-hydroxylation sites is 1. The number of halogens is 1. The molecule has 23 heavy (non-hydrogen) atoms. The van der Waals surface area contributed by atoms with E-state index in [1.54, 1.807) is 11.3 Å². The number of ether oxygens (including phenoxy) is 1. The Kier molecular flexibility index (Phi) is 6.19. The summed E-state index contributed by atoms with van der Waals surface area (Å²) in [4.78, 5) is 5.91. The number of hydrogen-bond acceptors (Lipinski definition) is 4. The van der Waals surface area contributed by atoms with Gasteiger partial charge in [-0.3, -0.25) is 0 Å². The number of nitrogens with one attached hydrogen (secondary N) is 1. The summed E-state index contributed by atoms with van der Waals surface area (Å²) in [6, 6.07) is 18.2. The highest BCUT2D eigenvalue weighted by atomic mass is 79.9. The molecule has 0 amide bonds. The quantitative estimate of drug-likeness (QED) is 0.726. The van der Waals surface area contributed by atoms with Crippen LogP contribution >= 0.6 is 11.3 Å². The molecule has 0 bridgehead atoms. The number of benzene rings is 2. The van der Waals surface area contributed by atoms with Crippen molar-refractivity contribution < 1.29 is 21.7 Å². The first-order chi connectivity index (χ1) is 10.8. The van der Waals surface area contributed by atoms with Gasteiger partial charge in [0.2, 0.25) is 0 Å². The van der Waals surface area contributed by atoms with E-state index < -0.39 is 0 Å². The van der Waals surface area contributed by atoms with E-state index >= 15 is 0 Å². The van der Waals surface area contributed by atoms with Crippen LogP contribution in [0.5, 0.6) is 5.75 Å². The van der Waals surface area contributed by atoms with E-state index in [9.17, 15) is 0 Å². The van der Waals surface area contributed by atoms with Gasteiger partial charge in [0.1, 0.15) is 5.75 Å². The van der Waals surface area contributed by atoms with E-state index in [0.29, 0.717) is 6.61 Å². The van der Waals surface area contributed by atoms with Crippen LogP contribution < -0.4 is 27.0 Å². The van der Waals surface area contributed by atoms with Crippen LogP contribution in [0.1, 0.15) is 11.8 Å². The fourth-order valence-corrected chi connectivity index (χ4v) is 3.09. The lowest BCUT2D eigenvalue weighted by Gasteiger charge is -2.04. The third kappa shape index (κ3) is 4.33. The maximum absolute atomic E-state index is 5.48. The number of aromatic nitrogens is 1. The van der Waals surface area contributed by atoms with Gasteiger partial charge >= 0.3 is 0 Å². The highest BCUT2D eigenvalue weighted by Gasteiger charge is 2.10. The second kappa shape index (κ2) is 8.13. The monoisotopic (exact) mass is 389 g/mol. The fraction of sp³-hybridized carbons (Fsp3) is 0.167. The van der Waals surface area contributed by atoms with Crippen molar-refractivity contribution in [1.82, 2.24) is 4.98 Å². The third-order valence-electron chi connectivity index (χ3n) is 3.26. The molecule has 120 valence electrons. The molecule has 0 unspecified atom stereocenters. The molecule has 0 spiro atoms. The maximum atomic E-state index is 5.48. The van der Waals surface area contributed by atoms with Gasteiger partial charge in [0.15, 0.2) is 5.13 Å². The zero-order valence-corrected chi connectivity index (χ0v) is 15.4. The van der Waals surface area contributed by atoms with Crippen LogP contribution in [0.15, 0.2) is 54.6 Å². The molecule has 3 aromatic rings. The summed E-state index contributed by atoms with van der Waals surface area (Å²) >= 11 is 1.67. The van der Waals surface area contributed by atoms with Crippen molar-refractivity contribution in [2.75, 3.05) is 11.9 Å². The Bertz CT molecular complexity index is 741. The van der Waals surface area contributed by atoms with Crippen molar-refractivity contribution in [2.24, 2.45) is 0 Å². The minimum atomic E-state index is 0. The van der Waals surface area contributed by atoms with E-state index in [1.165, 1.54) is 4.88 Å². The summed E-state index contributed by atoms with van der Waals surface area (Å²) in [5.41, 5.74) is 3.18. The van der Waals surface area contributed by atoms with Gasteiger partial charge in [-0.05, 0) is 50.2 Å². The molecular formula is C18H18BrN2OS-. The molecule has 2 aromatic carbocycles. The third-order valence-corrected chi connectivity index (χ3v) is 4.15. The predicted octanol–water partition coefficient (Wildman–Crippen LogP) is 2.26. The predicted molar refractivity (Wildman–Crippen MR) is 93.2 cm³/mol. The summed E-state index contributed by atoms with van der Waals surface area (Å²) in [6.07, 6.45) is 0. The number of thiazole rings is 1. The molecule has 0 aliphatic carbocycles. The number of anilines is 2. The van der Waals surface area contributed by atoms with E-state index in [0.717, 1.165) is 27.8 Å². The first kappa shape index (κ1) is 17.5. The molecule has 0 aliphatic rings. The minimum Gasteiger partial charge on any atom is -1.00 e. The average Bonchev–Trinajstić information content (AvgIpc) is 2.90. The van der Waals surface area contributed by atoms with E-state index in [4.69, 9.17) is 9.72 Å². The first-order valence-corrected chi connectivity index (χ1v) is 8.10. The van der Waals surface area contributed by atoms with Crippen molar-refractivity contribution in [1.29, 1.82) is 0 Å². The van der Waals surface area contributed by atoms with Crippen LogP contribution in [0.25, 0.3) is 11.3 Å². The van der Waals surface area contributed by atoms with Gasteiger partial charge in [0.05, 0.1) is 12.3 Å². The van der Waals surface area contributed by atoms with Gasteiger partial charge in [0.25, 0.3) is 0 Å². The van der Waals surface area contributed by atoms with Gasteiger partial charge < -0.3 is 27.0 Å². The molecule has 0 atom stereocenters. The Morgan fingerprint density at radius 2 is 1.74 bits per heavy atom. The SMILES string of the molecule is CCOc1ccc(-c2nc(Nc3ccccc3)sc2C)cc1.[Br-]. The molecule has 0 saturated heterocycles. The molecule has 0 radical (unpaired) electrons. The van der Waals surface area contributed by atoms with Gasteiger partial charge in [-0.1, -0.05) is 18.2 Å². The molecule has 0 fully saturated rings. The van der Waals surface area contributed by atoms with Crippen LogP contribution in [0, 0.1) is 6.92 Å². The average molecular weight is 390 g/mol. The molecule has 5 heteroatoms. The van der Waals surface area contributed by atoms with Gasteiger partial charge in [-0.2, -0.15) is 0 Å². The van der Waals surface area contributed by atoms with Crippen LogP contribution in [-0.4, -0.2) is 11.6 Å². The zero-order valence-electron chi connectivity index (χ0n) is 13.0. The van der Waals surface area contributed by atoms with Crippen LogP contribution in [0.2, 0.25) is 0 Å². The number of nitrogens with zero attached hydrogens (tertiary/aromatic N) is 1. The lowest BCUT2D eigenvalue weighted by Crippen LogP contribution is -3.00. The molecule has 1 N–H and O–H groups in total. The van der Waals surface area contributed by atoms with Gasteiger partial charge in [-0.25, -0.2) is 4.98 Å². The number of aryl methyl sites for hydroxylation is 1. The van der Waals surface area contributed by atoms with E-state index in [-0.39, 0.29) is 17.0 Å². The van der Waals surface area contributed by atoms with Crippen LogP contribution in [0.3, 0.4) is 0 Å². The Balaban J connectivity index is 0.00000192. The molecule has 1 heterocycles.